The number of phenolic OH excluding ortho intramolecular Hbond substituents is 1. The average molecular weight is 361 g/mol. The monoisotopic (exact) mass is 361 g/mol. The molecule has 0 heterocycles. The van der Waals surface area contributed by atoms with Gasteiger partial charge in [-0.1, -0.05) is 36.4 Å². The number of rotatable bonds is 5. The Bertz CT molecular complexity index is 1010. The fraction of sp³-hybridized carbons (Fsp3) is 0.0909. The third-order valence-electron chi connectivity index (χ3n) is 4.36. The molecule has 136 valence electrons. The summed E-state index contributed by atoms with van der Waals surface area (Å²) >= 11 is 0. The van der Waals surface area contributed by atoms with E-state index in [1.165, 1.54) is 24.3 Å². The molecule has 0 aliphatic rings. The van der Waals surface area contributed by atoms with Gasteiger partial charge in [0.25, 0.3) is 0 Å². The van der Waals surface area contributed by atoms with E-state index >= 15 is 0 Å². The number of aromatic hydroxyl groups is 1. The Hall–Kier alpha value is -3.60. The molecule has 0 amide bonds. The van der Waals surface area contributed by atoms with Gasteiger partial charge in [0, 0.05) is 25.3 Å². The Morgan fingerprint density at radius 2 is 1.37 bits per heavy atom. The number of aromatic carboxylic acids is 1. The number of nitrogens with zero attached hydrogens (tertiary/aromatic N) is 1. The highest BCUT2D eigenvalue weighted by Crippen LogP contribution is 2.29. The van der Waals surface area contributed by atoms with Crippen molar-refractivity contribution in [3.05, 3.63) is 83.4 Å². The molecule has 0 aromatic heterocycles. The van der Waals surface area contributed by atoms with Gasteiger partial charge >= 0.3 is 5.97 Å². The Labute approximate surface area is 157 Å². The summed E-state index contributed by atoms with van der Waals surface area (Å²) in [6.45, 7) is 0. The quantitative estimate of drug-likeness (QED) is 0.670. The van der Waals surface area contributed by atoms with Gasteiger partial charge in [-0.25, -0.2) is 4.79 Å². The second-order valence-corrected chi connectivity index (χ2v) is 6.35. The number of phenols is 1. The van der Waals surface area contributed by atoms with Gasteiger partial charge in [0.05, 0.1) is 11.1 Å². The lowest BCUT2D eigenvalue weighted by Gasteiger charge is -2.13. The number of carbonyl (C=O) groups excluding carboxylic acids is 1. The smallest absolute Gasteiger partial charge is 0.336 e. The lowest BCUT2D eigenvalue weighted by Crippen LogP contribution is -2.09. The van der Waals surface area contributed by atoms with Crippen LogP contribution in [0.1, 0.15) is 26.3 Å². The summed E-state index contributed by atoms with van der Waals surface area (Å²) in [5, 5.41) is 19.6. The van der Waals surface area contributed by atoms with Crippen LogP contribution in [0.25, 0.3) is 11.1 Å². The minimum atomic E-state index is -1.18. The maximum atomic E-state index is 12.7. The standard InChI is InChI=1S/C22H19NO4/c1-23(2)16-10-7-14(8-11-16)15-9-12-19(20(24)13-15)21(25)17-5-3-4-6-18(17)22(26)27/h3-13,24H,1-2H3,(H,26,27). The SMILES string of the molecule is CN(C)c1ccc(-c2ccc(C(=O)c3ccccc3C(=O)O)c(O)c2)cc1. The molecule has 0 atom stereocenters. The van der Waals surface area contributed by atoms with Crippen molar-refractivity contribution in [3.8, 4) is 16.9 Å². The molecule has 3 aromatic rings. The van der Waals surface area contributed by atoms with Gasteiger partial charge in [0.2, 0.25) is 0 Å². The van der Waals surface area contributed by atoms with Gasteiger partial charge in [0.1, 0.15) is 5.75 Å². The second kappa shape index (κ2) is 7.33. The topological polar surface area (TPSA) is 77.8 Å². The molecule has 3 rings (SSSR count). The summed E-state index contributed by atoms with van der Waals surface area (Å²) < 4.78 is 0. The van der Waals surface area contributed by atoms with Crippen LogP contribution in [0.5, 0.6) is 5.75 Å². The van der Waals surface area contributed by atoms with Crippen LogP contribution < -0.4 is 4.90 Å². The first kappa shape index (κ1) is 18.2. The Morgan fingerprint density at radius 1 is 0.778 bits per heavy atom. The molecule has 0 saturated heterocycles. The van der Waals surface area contributed by atoms with E-state index in [1.807, 2.05) is 43.3 Å². The second-order valence-electron chi connectivity index (χ2n) is 6.35. The van der Waals surface area contributed by atoms with E-state index in [9.17, 15) is 19.8 Å². The van der Waals surface area contributed by atoms with Gasteiger partial charge in [-0.3, -0.25) is 4.79 Å². The zero-order valence-electron chi connectivity index (χ0n) is 15.0. The van der Waals surface area contributed by atoms with Crippen molar-refractivity contribution in [1.29, 1.82) is 0 Å². The fourth-order valence-corrected chi connectivity index (χ4v) is 2.87. The molecular weight excluding hydrogens is 342 g/mol. The zero-order valence-corrected chi connectivity index (χ0v) is 15.0. The predicted octanol–water partition coefficient (Wildman–Crippen LogP) is 4.05. The van der Waals surface area contributed by atoms with E-state index in [1.54, 1.807) is 18.2 Å². The highest BCUT2D eigenvalue weighted by molar-refractivity contribution is 6.15. The molecule has 5 nitrogen and oxygen atoms in total. The van der Waals surface area contributed by atoms with Gasteiger partial charge in [-0.2, -0.15) is 0 Å². The van der Waals surface area contributed by atoms with Crippen LogP contribution in [-0.4, -0.2) is 36.1 Å². The fourth-order valence-electron chi connectivity index (χ4n) is 2.87. The number of carbonyl (C=O) groups is 2. The van der Waals surface area contributed by atoms with Gasteiger partial charge in [0.15, 0.2) is 5.78 Å². The first-order valence-corrected chi connectivity index (χ1v) is 8.36. The predicted molar refractivity (Wildman–Crippen MR) is 105 cm³/mol. The molecule has 0 saturated carbocycles. The molecular formula is C22H19NO4. The van der Waals surface area contributed by atoms with Crippen molar-refractivity contribution in [2.24, 2.45) is 0 Å². The van der Waals surface area contributed by atoms with Crippen LogP contribution in [0.4, 0.5) is 5.69 Å². The molecule has 2 N–H and O–H groups in total. The van der Waals surface area contributed by atoms with Gasteiger partial charge < -0.3 is 15.1 Å². The van der Waals surface area contributed by atoms with Crippen molar-refractivity contribution in [1.82, 2.24) is 0 Å². The highest BCUT2D eigenvalue weighted by atomic mass is 16.4. The molecule has 0 aliphatic heterocycles. The number of anilines is 1. The van der Waals surface area contributed by atoms with Gasteiger partial charge in [-0.05, 0) is 41.5 Å². The van der Waals surface area contributed by atoms with Gasteiger partial charge in [-0.15, -0.1) is 0 Å². The van der Waals surface area contributed by atoms with Crippen molar-refractivity contribution in [3.63, 3.8) is 0 Å². The van der Waals surface area contributed by atoms with Crippen LogP contribution in [0.15, 0.2) is 66.7 Å². The highest BCUT2D eigenvalue weighted by Gasteiger charge is 2.20. The number of hydrogen-bond acceptors (Lipinski definition) is 4. The molecule has 3 aromatic carbocycles. The number of benzene rings is 3. The van der Waals surface area contributed by atoms with Crippen molar-refractivity contribution in [2.45, 2.75) is 0 Å². The maximum Gasteiger partial charge on any atom is 0.336 e. The molecule has 0 bridgehead atoms. The van der Waals surface area contributed by atoms with E-state index in [0.29, 0.717) is 0 Å². The minimum Gasteiger partial charge on any atom is -0.507 e. The first-order valence-electron chi connectivity index (χ1n) is 8.36. The molecule has 0 radical (unpaired) electrons. The molecule has 27 heavy (non-hydrogen) atoms. The lowest BCUT2D eigenvalue weighted by atomic mass is 9.95. The summed E-state index contributed by atoms with van der Waals surface area (Å²) in [7, 11) is 3.91. The van der Waals surface area contributed by atoms with Crippen molar-refractivity contribution in [2.75, 3.05) is 19.0 Å². The van der Waals surface area contributed by atoms with E-state index in [4.69, 9.17) is 0 Å². The van der Waals surface area contributed by atoms with E-state index in [0.717, 1.165) is 16.8 Å². The Kier molecular flexibility index (Phi) is 4.94. The first-order chi connectivity index (χ1) is 12.9. The number of hydrogen-bond donors (Lipinski definition) is 2. The lowest BCUT2D eigenvalue weighted by molar-refractivity contribution is 0.0692. The molecule has 0 unspecified atom stereocenters. The molecule has 0 fully saturated rings. The Balaban J connectivity index is 1.96. The van der Waals surface area contributed by atoms with Crippen LogP contribution in [0.3, 0.4) is 0 Å². The van der Waals surface area contributed by atoms with Crippen molar-refractivity contribution < 1.29 is 19.8 Å². The summed E-state index contributed by atoms with van der Waals surface area (Å²) in [6.07, 6.45) is 0. The van der Waals surface area contributed by atoms with E-state index < -0.39 is 11.8 Å². The summed E-state index contributed by atoms with van der Waals surface area (Å²) in [6, 6.07) is 18.5. The normalized spacial score (nSPS) is 10.4. The summed E-state index contributed by atoms with van der Waals surface area (Å²) in [5.74, 6) is -1.90. The number of carboxylic acids is 1. The largest absolute Gasteiger partial charge is 0.507 e. The average Bonchev–Trinajstić information content (AvgIpc) is 2.67. The van der Waals surface area contributed by atoms with E-state index in [-0.39, 0.29) is 22.4 Å². The van der Waals surface area contributed by atoms with Crippen molar-refractivity contribution >= 4 is 17.4 Å². The zero-order chi connectivity index (χ0) is 19.6. The van der Waals surface area contributed by atoms with Crippen LogP contribution >= 0.6 is 0 Å². The Morgan fingerprint density at radius 3 is 1.93 bits per heavy atom. The number of carboxylic acid groups (broad SMARTS) is 1. The number of ketones is 1. The van der Waals surface area contributed by atoms with Crippen LogP contribution in [-0.2, 0) is 0 Å². The maximum absolute atomic E-state index is 12.7. The van der Waals surface area contributed by atoms with E-state index in [2.05, 4.69) is 0 Å². The molecule has 0 aliphatic carbocycles. The summed E-state index contributed by atoms with van der Waals surface area (Å²) in [5.41, 5.74) is 2.74. The molecule has 0 spiro atoms. The summed E-state index contributed by atoms with van der Waals surface area (Å²) in [4.78, 5) is 26.1. The molecule has 5 heteroatoms. The van der Waals surface area contributed by atoms with Crippen LogP contribution in [0.2, 0.25) is 0 Å². The third kappa shape index (κ3) is 3.67. The third-order valence-corrected chi connectivity index (χ3v) is 4.36. The van der Waals surface area contributed by atoms with Crippen LogP contribution in [0, 0.1) is 0 Å². The minimum absolute atomic E-state index is 0.0448.